The maximum atomic E-state index is 13.8. The van der Waals surface area contributed by atoms with Crippen LogP contribution in [-0.2, 0) is 9.53 Å². The fourth-order valence-corrected chi connectivity index (χ4v) is 5.45. The normalized spacial score (nSPS) is 19.1. The van der Waals surface area contributed by atoms with Crippen LogP contribution in [0.1, 0.15) is 57.7 Å². The van der Waals surface area contributed by atoms with Crippen LogP contribution >= 0.6 is 0 Å². The van der Waals surface area contributed by atoms with Crippen LogP contribution in [0.25, 0.3) is 0 Å². The van der Waals surface area contributed by atoms with Crippen molar-refractivity contribution >= 4 is 17.7 Å². The topological polar surface area (TPSA) is 79.0 Å². The molecule has 1 N–H and O–H groups in total. The van der Waals surface area contributed by atoms with Gasteiger partial charge in [0.15, 0.2) is 0 Å². The van der Waals surface area contributed by atoms with Gasteiger partial charge in [0, 0.05) is 37.1 Å². The van der Waals surface area contributed by atoms with Gasteiger partial charge in [-0.3, -0.25) is 19.3 Å². The summed E-state index contributed by atoms with van der Waals surface area (Å²) in [6.07, 6.45) is 0.713. The summed E-state index contributed by atoms with van der Waals surface area (Å²) in [4.78, 5) is 43.8. The summed E-state index contributed by atoms with van der Waals surface area (Å²) in [6.45, 7) is 4.60. The van der Waals surface area contributed by atoms with Crippen LogP contribution in [0, 0.1) is 12.7 Å². The van der Waals surface area contributed by atoms with Crippen LogP contribution in [0.3, 0.4) is 0 Å². The number of amides is 3. The molecule has 1 spiro atoms. The molecule has 2 atom stereocenters. The van der Waals surface area contributed by atoms with Gasteiger partial charge in [-0.15, -0.1) is 0 Å². The number of halogens is 1. The van der Waals surface area contributed by atoms with Crippen molar-refractivity contribution in [1.29, 1.82) is 0 Å². The lowest BCUT2D eigenvalue weighted by atomic mass is 9.95. The molecule has 7 nitrogen and oxygen atoms in total. The summed E-state index contributed by atoms with van der Waals surface area (Å²) in [7, 11) is 0. The smallest absolute Gasteiger partial charge is 0.256 e. The van der Waals surface area contributed by atoms with E-state index in [0.717, 1.165) is 11.1 Å². The summed E-state index contributed by atoms with van der Waals surface area (Å²) in [5.74, 6) is -1.25. The summed E-state index contributed by atoms with van der Waals surface area (Å²) in [5.41, 5.74) is 1.78. The second-order valence-electron chi connectivity index (χ2n) is 10.3. The number of nitrogens with zero attached hydrogens (tertiary/aromatic N) is 2. The minimum atomic E-state index is -1.05. The second kappa shape index (κ2) is 11.0. The van der Waals surface area contributed by atoms with Gasteiger partial charge in [-0.05, 0) is 55.8 Å². The number of ether oxygens (including phenoxy) is 1. The van der Waals surface area contributed by atoms with Crippen molar-refractivity contribution in [3.63, 3.8) is 0 Å². The van der Waals surface area contributed by atoms with E-state index >= 15 is 0 Å². The van der Waals surface area contributed by atoms with E-state index in [4.69, 9.17) is 4.74 Å². The van der Waals surface area contributed by atoms with E-state index in [1.165, 1.54) is 29.2 Å². The molecule has 5 rings (SSSR count). The molecule has 3 aromatic rings. The Bertz CT molecular complexity index is 1350. The van der Waals surface area contributed by atoms with Gasteiger partial charge in [0.1, 0.15) is 17.6 Å². The van der Waals surface area contributed by atoms with E-state index in [1.54, 1.807) is 11.0 Å². The molecule has 39 heavy (non-hydrogen) atoms. The zero-order valence-electron chi connectivity index (χ0n) is 22.1. The monoisotopic (exact) mass is 529 g/mol. The Balaban J connectivity index is 1.38. The molecule has 8 heteroatoms. The third kappa shape index (κ3) is 5.43. The number of hydrogen-bond donors (Lipinski definition) is 1. The number of rotatable bonds is 5. The SMILES string of the molecule is Cc1cccc(C(=O)N2CCC3(CC2)OCC(C(=O)NC(C)c2ccccc2)N3C(=O)c2ccc(F)cc2)c1. The Kier molecular flexibility index (Phi) is 7.48. The molecule has 0 aliphatic carbocycles. The second-order valence-corrected chi connectivity index (χ2v) is 10.3. The quantitative estimate of drug-likeness (QED) is 0.529. The zero-order valence-corrected chi connectivity index (χ0v) is 22.1. The summed E-state index contributed by atoms with van der Waals surface area (Å²) < 4.78 is 19.9. The minimum absolute atomic E-state index is 0.0338. The fourth-order valence-electron chi connectivity index (χ4n) is 5.45. The number of aryl methyl sites for hydroxylation is 1. The van der Waals surface area contributed by atoms with E-state index < -0.39 is 23.5 Å². The highest BCUT2D eigenvalue weighted by atomic mass is 19.1. The first-order chi connectivity index (χ1) is 18.8. The van der Waals surface area contributed by atoms with Crippen LogP contribution in [0.4, 0.5) is 4.39 Å². The Labute approximate surface area is 227 Å². The van der Waals surface area contributed by atoms with E-state index in [-0.39, 0.29) is 30.0 Å². The van der Waals surface area contributed by atoms with Crippen LogP contribution in [0.15, 0.2) is 78.9 Å². The molecular weight excluding hydrogens is 497 g/mol. The van der Waals surface area contributed by atoms with Crippen molar-refractivity contribution < 1.29 is 23.5 Å². The van der Waals surface area contributed by atoms with Crippen molar-refractivity contribution in [1.82, 2.24) is 15.1 Å². The first-order valence-corrected chi connectivity index (χ1v) is 13.2. The largest absolute Gasteiger partial charge is 0.353 e. The molecular formula is C31H32FN3O4. The highest BCUT2D eigenvalue weighted by Gasteiger charge is 2.54. The van der Waals surface area contributed by atoms with Crippen LogP contribution < -0.4 is 5.32 Å². The molecule has 2 aliphatic heterocycles. The Hall–Kier alpha value is -4.04. The molecule has 3 amide bonds. The van der Waals surface area contributed by atoms with E-state index in [1.807, 2.05) is 62.4 Å². The Morgan fingerprint density at radius 1 is 0.923 bits per heavy atom. The number of likely N-dealkylation sites (tertiary alicyclic amines) is 1. The molecule has 2 unspecified atom stereocenters. The summed E-state index contributed by atoms with van der Waals surface area (Å²) in [6, 6.07) is 21.2. The third-order valence-electron chi connectivity index (χ3n) is 7.63. The van der Waals surface area contributed by atoms with E-state index in [0.29, 0.717) is 31.5 Å². The first kappa shape index (κ1) is 26.6. The molecule has 202 valence electrons. The average Bonchev–Trinajstić information content (AvgIpc) is 3.32. The summed E-state index contributed by atoms with van der Waals surface area (Å²) in [5, 5.41) is 3.02. The predicted octanol–water partition coefficient (Wildman–Crippen LogP) is 4.49. The lowest BCUT2D eigenvalue weighted by Crippen LogP contribution is -2.60. The maximum absolute atomic E-state index is 13.8. The molecule has 2 aliphatic rings. The van der Waals surface area contributed by atoms with Gasteiger partial charge in [-0.1, -0.05) is 48.0 Å². The van der Waals surface area contributed by atoms with Gasteiger partial charge < -0.3 is 15.0 Å². The maximum Gasteiger partial charge on any atom is 0.256 e. The van der Waals surface area contributed by atoms with Crippen molar-refractivity contribution in [2.24, 2.45) is 0 Å². The fraction of sp³-hybridized carbons (Fsp3) is 0.323. The first-order valence-electron chi connectivity index (χ1n) is 13.2. The standard InChI is InChI=1S/C31H32FN3O4/c1-21-7-6-10-25(19-21)29(37)34-17-15-31(16-18-34)35(30(38)24-11-13-26(32)14-12-24)27(20-39-31)28(36)33-22(2)23-8-4-3-5-9-23/h3-14,19,22,27H,15-18,20H2,1-2H3,(H,33,36). The molecule has 3 aromatic carbocycles. The molecule has 0 aromatic heterocycles. The van der Waals surface area contributed by atoms with E-state index in [9.17, 15) is 18.8 Å². The lowest BCUT2D eigenvalue weighted by molar-refractivity contribution is -0.128. The lowest BCUT2D eigenvalue weighted by Gasteiger charge is -2.44. The van der Waals surface area contributed by atoms with Crippen molar-refractivity contribution in [3.05, 3.63) is 107 Å². The van der Waals surface area contributed by atoms with Gasteiger partial charge in [-0.2, -0.15) is 0 Å². The van der Waals surface area contributed by atoms with Crippen LogP contribution in [0.2, 0.25) is 0 Å². The van der Waals surface area contributed by atoms with E-state index in [2.05, 4.69) is 5.32 Å². The van der Waals surface area contributed by atoms with Gasteiger partial charge in [0.25, 0.3) is 11.8 Å². The van der Waals surface area contributed by atoms with Gasteiger partial charge >= 0.3 is 0 Å². The molecule has 2 fully saturated rings. The molecule has 0 bridgehead atoms. The highest BCUT2D eigenvalue weighted by molar-refractivity contribution is 5.98. The van der Waals surface area contributed by atoms with Crippen LogP contribution in [0.5, 0.6) is 0 Å². The van der Waals surface area contributed by atoms with Crippen molar-refractivity contribution in [2.75, 3.05) is 19.7 Å². The number of benzene rings is 3. The molecule has 0 radical (unpaired) electrons. The van der Waals surface area contributed by atoms with Crippen molar-refractivity contribution in [3.8, 4) is 0 Å². The number of piperidine rings is 1. The number of carbonyl (C=O) groups is 3. The Morgan fingerprint density at radius 3 is 2.28 bits per heavy atom. The summed E-state index contributed by atoms with van der Waals surface area (Å²) >= 11 is 0. The Morgan fingerprint density at radius 2 is 1.62 bits per heavy atom. The number of hydrogen-bond acceptors (Lipinski definition) is 4. The highest BCUT2D eigenvalue weighted by Crippen LogP contribution is 2.39. The zero-order chi connectivity index (χ0) is 27.6. The molecule has 0 saturated carbocycles. The predicted molar refractivity (Wildman–Crippen MR) is 144 cm³/mol. The number of nitrogens with one attached hydrogen (secondary N) is 1. The molecule has 2 heterocycles. The van der Waals surface area contributed by atoms with Gasteiger partial charge in [0.2, 0.25) is 5.91 Å². The third-order valence-corrected chi connectivity index (χ3v) is 7.63. The van der Waals surface area contributed by atoms with Crippen molar-refractivity contribution in [2.45, 2.75) is 44.5 Å². The van der Waals surface area contributed by atoms with Gasteiger partial charge in [0.05, 0.1) is 12.6 Å². The molecule has 2 saturated heterocycles. The number of carbonyl (C=O) groups excluding carboxylic acids is 3. The van der Waals surface area contributed by atoms with Crippen LogP contribution in [-0.4, -0.2) is 59.0 Å². The minimum Gasteiger partial charge on any atom is -0.353 e. The van der Waals surface area contributed by atoms with Gasteiger partial charge in [-0.25, -0.2) is 4.39 Å². The average molecular weight is 530 g/mol.